The van der Waals surface area contributed by atoms with E-state index in [0.717, 1.165) is 53.2 Å². The molecule has 1 aliphatic rings. The number of rotatable bonds is 5. The Morgan fingerprint density at radius 3 is 2.78 bits per heavy atom. The Labute approximate surface area is 191 Å². The molecule has 0 aliphatic carbocycles. The monoisotopic (exact) mass is 446 g/mol. The van der Waals surface area contributed by atoms with Gasteiger partial charge >= 0.3 is 0 Å². The molecule has 5 rings (SSSR count). The molecular weight excluding hydrogens is 420 g/mol. The number of anilines is 1. The van der Waals surface area contributed by atoms with Gasteiger partial charge in [-0.25, -0.2) is 4.68 Å². The molecule has 164 valence electrons. The minimum absolute atomic E-state index is 0.0702. The highest BCUT2D eigenvalue weighted by Crippen LogP contribution is 2.31. The molecule has 32 heavy (non-hydrogen) atoms. The molecule has 0 spiro atoms. The standard InChI is InChI=1S/C24H26N6OS/c1-16-21-17(2)30(19-9-4-3-5-10-19)28-22(21)23(27-26-16)29-12-6-8-18(15-29)24(31)25-14-20-11-7-13-32-20/h3-5,7,9-11,13,18H,6,8,12,14-15H2,1-2H3,(H,25,31)/t18-/m1/s1. The number of carbonyl (C=O) groups excluding carboxylic acids is 1. The van der Waals surface area contributed by atoms with Crippen molar-refractivity contribution in [2.75, 3.05) is 18.0 Å². The van der Waals surface area contributed by atoms with Crippen molar-refractivity contribution < 1.29 is 4.79 Å². The summed E-state index contributed by atoms with van der Waals surface area (Å²) in [7, 11) is 0. The van der Waals surface area contributed by atoms with E-state index in [1.54, 1.807) is 11.3 Å². The van der Waals surface area contributed by atoms with Crippen LogP contribution in [0.5, 0.6) is 0 Å². The second kappa shape index (κ2) is 8.70. The molecule has 0 saturated carbocycles. The van der Waals surface area contributed by atoms with Crippen molar-refractivity contribution in [2.45, 2.75) is 33.2 Å². The van der Waals surface area contributed by atoms with E-state index in [4.69, 9.17) is 5.10 Å². The Morgan fingerprint density at radius 1 is 1.16 bits per heavy atom. The van der Waals surface area contributed by atoms with Gasteiger partial charge in [0.2, 0.25) is 5.91 Å². The summed E-state index contributed by atoms with van der Waals surface area (Å²) in [5, 5.41) is 20.1. The maximum absolute atomic E-state index is 12.8. The molecule has 1 aliphatic heterocycles. The van der Waals surface area contributed by atoms with E-state index < -0.39 is 0 Å². The normalized spacial score (nSPS) is 16.4. The van der Waals surface area contributed by atoms with Crippen LogP contribution in [0.15, 0.2) is 47.8 Å². The highest BCUT2D eigenvalue weighted by atomic mass is 32.1. The van der Waals surface area contributed by atoms with Gasteiger partial charge in [0, 0.05) is 18.0 Å². The second-order valence-electron chi connectivity index (χ2n) is 8.25. The predicted octanol–water partition coefficient (Wildman–Crippen LogP) is 4.03. The summed E-state index contributed by atoms with van der Waals surface area (Å²) in [6.45, 7) is 6.10. The van der Waals surface area contributed by atoms with Crippen LogP contribution in [0, 0.1) is 19.8 Å². The summed E-state index contributed by atoms with van der Waals surface area (Å²) in [5.41, 5.74) is 3.77. The van der Waals surface area contributed by atoms with Gasteiger partial charge in [-0.15, -0.1) is 16.4 Å². The number of aryl methyl sites for hydroxylation is 2. The van der Waals surface area contributed by atoms with Gasteiger partial charge in [-0.1, -0.05) is 24.3 Å². The zero-order valence-corrected chi connectivity index (χ0v) is 19.1. The van der Waals surface area contributed by atoms with E-state index in [1.165, 1.54) is 4.88 Å². The van der Waals surface area contributed by atoms with Gasteiger partial charge in [0.1, 0.15) is 5.52 Å². The van der Waals surface area contributed by atoms with Gasteiger partial charge in [-0.05, 0) is 50.3 Å². The number of hydrogen-bond donors (Lipinski definition) is 1. The fourth-order valence-electron chi connectivity index (χ4n) is 4.46. The molecule has 1 aromatic carbocycles. The van der Waals surface area contributed by atoms with Gasteiger partial charge in [0.15, 0.2) is 5.82 Å². The highest BCUT2D eigenvalue weighted by Gasteiger charge is 2.29. The van der Waals surface area contributed by atoms with Crippen molar-refractivity contribution in [1.82, 2.24) is 25.3 Å². The molecule has 1 atom stereocenters. The van der Waals surface area contributed by atoms with E-state index in [1.807, 2.05) is 59.5 Å². The zero-order chi connectivity index (χ0) is 22.1. The Kier molecular flexibility index (Phi) is 5.61. The lowest BCUT2D eigenvalue weighted by Gasteiger charge is -2.32. The molecule has 4 heterocycles. The van der Waals surface area contributed by atoms with E-state index >= 15 is 0 Å². The van der Waals surface area contributed by atoms with Crippen LogP contribution in [0.25, 0.3) is 16.6 Å². The first-order chi connectivity index (χ1) is 15.6. The average Bonchev–Trinajstić information content (AvgIpc) is 3.47. The van der Waals surface area contributed by atoms with Gasteiger partial charge in [0.25, 0.3) is 0 Å². The lowest BCUT2D eigenvalue weighted by molar-refractivity contribution is -0.125. The molecule has 0 radical (unpaired) electrons. The summed E-state index contributed by atoms with van der Waals surface area (Å²) in [4.78, 5) is 16.2. The van der Waals surface area contributed by atoms with Crippen molar-refractivity contribution in [3.05, 3.63) is 64.1 Å². The number of benzene rings is 1. The third kappa shape index (κ3) is 3.86. The Balaban J connectivity index is 1.42. The van der Waals surface area contributed by atoms with E-state index in [0.29, 0.717) is 13.1 Å². The number of fused-ring (bicyclic) bond motifs is 1. The van der Waals surface area contributed by atoms with E-state index in [9.17, 15) is 4.79 Å². The zero-order valence-electron chi connectivity index (χ0n) is 18.3. The minimum Gasteiger partial charge on any atom is -0.352 e. The smallest absolute Gasteiger partial charge is 0.225 e. The van der Waals surface area contributed by atoms with Gasteiger partial charge < -0.3 is 10.2 Å². The summed E-state index contributed by atoms with van der Waals surface area (Å²) in [5.74, 6) is 0.795. The maximum Gasteiger partial charge on any atom is 0.225 e. The van der Waals surface area contributed by atoms with Crippen molar-refractivity contribution in [3.63, 3.8) is 0 Å². The lowest BCUT2D eigenvalue weighted by atomic mass is 9.97. The summed E-state index contributed by atoms with van der Waals surface area (Å²) >= 11 is 1.66. The molecule has 1 N–H and O–H groups in total. The molecule has 4 aromatic rings. The van der Waals surface area contributed by atoms with Gasteiger partial charge in [-0.2, -0.15) is 10.2 Å². The summed E-state index contributed by atoms with van der Waals surface area (Å²) in [6, 6.07) is 14.2. The fraction of sp³-hybridized carbons (Fsp3) is 0.333. The SMILES string of the molecule is Cc1nnc(N2CCC[C@@H](C(=O)NCc3cccs3)C2)c2nn(-c3ccccc3)c(C)c12. The Hall–Kier alpha value is -3.26. The molecule has 3 aromatic heterocycles. The molecule has 1 amide bonds. The topological polar surface area (TPSA) is 75.9 Å². The number of nitrogens with one attached hydrogen (secondary N) is 1. The molecule has 8 heteroatoms. The lowest BCUT2D eigenvalue weighted by Crippen LogP contribution is -2.43. The number of aromatic nitrogens is 4. The van der Waals surface area contributed by atoms with Crippen LogP contribution in [-0.2, 0) is 11.3 Å². The molecule has 1 fully saturated rings. The number of amides is 1. The number of para-hydroxylation sites is 1. The third-order valence-corrected chi connectivity index (χ3v) is 6.97. The van der Waals surface area contributed by atoms with Gasteiger partial charge in [-0.3, -0.25) is 4.79 Å². The largest absolute Gasteiger partial charge is 0.352 e. The Bertz CT molecular complexity index is 1230. The number of carbonyl (C=O) groups is 1. The first kappa shape index (κ1) is 20.6. The molecular formula is C24H26N6OS. The first-order valence-electron chi connectivity index (χ1n) is 10.9. The maximum atomic E-state index is 12.8. The van der Waals surface area contributed by atoms with Crippen LogP contribution in [0.3, 0.4) is 0 Å². The number of nitrogens with zero attached hydrogens (tertiary/aromatic N) is 5. The van der Waals surface area contributed by atoms with Gasteiger partial charge in [0.05, 0.1) is 34.9 Å². The third-order valence-electron chi connectivity index (χ3n) is 6.09. The first-order valence-corrected chi connectivity index (χ1v) is 11.8. The second-order valence-corrected chi connectivity index (χ2v) is 9.28. The van der Waals surface area contributed by atoms with Crippen LogP contribution < -0.4 is 10.2 Å². The van der Waals surface area contributed by atoms with Crippen LogP contribution in [-0.4, -0.2) is 39.0 Å². The Morgan fingerprint density at radius 2 is 2.00 bits per heavy atom. The summed E-state index contributed by atoms with van der Waals surface area (Å²) in [6.07, 6.45) is 1.82. The number of piperidine rings is 1. The molecule has 7 nitrogen and oxygen atoms in total. The van der Waals surface area contributed by atoms with E-state index in [-0.39, 0.29) is 11.8 Å². The van der Waals surface area contributed by atoms with Crippen LogP contribution in [0.2, 0.25) is 0 Å². The number of thiophene rings is 1. The van der Waals surface area contributed by atoms with Crippen LogP contribution in [0.4, 0.5) is 5.82 Å². The number of hydrogen-bond acceptors (Lipinski definition) is 6. The molecule has 0 bridgehead atoms. The van der Waals surface area contributed by atoms with Crippen molar-refractivity contribution in [1.29, 1.82) is 0 Å². The average molecular weight is 447 g/mol. The van der Waals surface area contributed by atoms with Crippen LogP contribution in [0.1, 0.15) is 29.1 Å². The van der Waals surface area contributed by atoms with Crippen molar-refractivity contribution in [2.24, 2.45) is 5.92 Å². The van der Waals surface area contributed by atoms with Crippen LogP contribution >= 0.6 is 11.3 Å². The van der Waals surface area contributed by atoms with Crippen molar-refractivity contribution >= 4 is 34.0 Å². The quantitative estimate of drug-likeness (QED) is 0.501. The van der Waals surface area contributed by atoms with E-state index in [2.05, 4.69) is 27.3 Å². The molecule has 0 unspecified atom stereocenters. The molecule has 1 saturated heterocycles. The van der Waals surface area contributed by atoms with Crippen molar-refractivity contribution in [3.8, 4) is 5.69 Å². The predicted molar refractivity (Wildman–Crippen MR) is 127 cm³/mol. The highest BCUT2D eigenvalue weighted by molar-refractivity contribution is 7.09. The summed E-state index contributed by atoms with van der Waals surface area (Å²) < 4.78 is 1.96. The minimum atomic E-state index is -0.0702. The fourth-order valence-corrected chi connectivity index (χ4v) is 5.11.